The third-order valence-electron chi connectivity index (χ3n) is 4.72. The van der Waals surface area contributed by atoms with Crippen LogP contribution in [-0.4, -0.2) is 36.1 Å². The topological polar surface area (TPSA) is 15.3 Å². The second-order valence-corrected chi connectivity index (χ2v) is 6.08. The SMILES string of the molecule is CCC1CCN(C2CCCCC2)CCC(C)N1. The Balaban J connectivity index is 1.88. The predicted octanol–water partition coefficient (Wildman–Crippen LogP) is 3.17. The van der Waals surface area contributed by atoms with Gasteiger partial charge in [-0.1, -0.05) is 26.2 Å². The highest BCUT2D eigenvalue weighted by atomic mass is 15.2. The Bertz CT molecular complexity index is 211. The molecule has 2 rings (SSSR count). The molecule has 1 N–H and O–H groups in total. The fourth-order valence-corrected chi connectivity index (χ4v) is 3.50. The highest BCUT2D eigenvalue weighted by Crippen LogP contribution is 2.24. The summed E-state index contributed by atoms with van der Waals surface area (Å²) in [6.45, 7) is 7.31. The molecule has 0 bridgehead atoms. The van der Waals surface area contributed by atoms with Crippen LogP contribution in [0.15, 0.2) is 0 Å². The maximum atomic E-state index is 3.77. The molecule has 100 valence electrons. The molecule has 0 aromatic rings. The third-order valence-corrected chi connectivity index (χ3v) is 4.72. The number of nitrogens with one attached hydrogen (secondary N) is 1. The van der Waals surface area contributed by atoms with Crippen molar-refractivity contribution >= 4 is 0 Å². The van der Waals surface area contributed by atoms with Crippen molar-refractivity contribution < 1.29 is 0 Å². The Hall–Kier alpha value is -0.0800. The predicted molar refractivity (Wildman–Crippen MR) is 74.4 cm³/mol. The molecule has 2 heteroatoms. The van der Waals surface area contributed by atoms with Gasteiger partial charge < -0.3 is 10.2 Å². The molecule has 0 radical (unpaired) electrons. The van der Waals surface area contributed by atoms with E-state index in [1.165, 1.54) is 64.5 Å². The number of rotatable bonds is 2. The minimum atomic E-state index is 0.700. The molecule has 0 amide bonds. The lowest BCUT2D eigenvalue weighted by Crippen LogP contribution is -2.47. The smallest absolute Gasteiger partial charge is 0.00952 e. The second kappa shape index (κ2) is 6.75. The van der Waals surface area contributed by atoms with Gasteiger partial charge in [0.25, 0.3) is 0 Å². The van der Waals surface area contributed by atoms with Crippen LogP contribution >= 0.6 is 0 Å². The van der Waals surface area contributed by atoms with Gasteiger partial charge in [-0.15, -0.1) is 0 Å². The Kier molecular flexibility index (Phi) is 5.30. The largest absolute Gasteiger partial charge is 0.311 e. The zero-order valence-corrected chi connectivity index (χ0v) is 11.8. The zero-order valence-electron chi connectivity index (χ0n) is 11.8. The molecule has 2 aliphatic rings. The summed E-state index contributed by atoms with van der Waals surface area (Å²) in [6.07, 6.45) is 11.3. The van der Waals surface area contributed by atoms with Crippen molar-refractivity contribution in [1.82, 2.24) is 10.2 Å². The first kappa shape index (κ1) is 13.4. The lowest BCUT2D eigenvalue weighted by molar-refractivity contribution is 0.129. The van der Waals surface area contributed by atoms with Gasteiger partial charge in [0.05, 0.1) is 0 Å². The monoisotopic (exact) mass is 238 g/mol. The van der Waals surface area contributed by atoms with Gasteiger partial charge >= 0.3 is 0 Å². The minimum absolute atomic E-state index is 0.700. The maximum absolute atomic E-state index is 3.77. The van der Waals surface area contributed by atoms with Gasteiger partial charge in [-0.25, -0.2) is 0 Å². The summed E-state index contributed by atoms with van der Waals surface area (Å²) in [6, 6.07) is 2.36. The van der Waals surface area contributed by atoms with Gasteiger partial charge in [-0.3, -0.25) is 0 Å². The lowest BCUT2D eigenvalue weighted by atomic mass is 9.93. The first-order chi connectivity index (χ1) is 8.29. The molecule has 1 aliphatic heterocycles. The minimum Gasteiger partial charge on any atom is -0.311 e. The quantitative estimate of drug-likeness (QED) is 0.795. The van der Waals surface area contributed by atoms with E-state index in [1.807, 2.05) is 0 Å². The van der Waals surface area contributed by atoms with Gasteiger partial charge in [0.2, 0.25) is 0 Å². The third kappa shape index (κ3) is 3.96. The summed E-state index contributed by atoms with van der Waals surface area (Å²) in [7, 11) is 0. The normalized spacial score (nSPS) is 34.2. The van der Waals surface area contributed by atoms with Crippen molar-refractivity contribution in [2.45, 2.75) is 83.3 Å². The highest BCUT2D eigenvalue weighted by Gasteiger charge is 2.24. The van der Waals surface area contributed by atoms with Crippen LogP contribution in [0.25, 0.3) is 0 Å². The van der Waals surface area contributed by atoms with Gasteiger partial charge in [0.15, 0.2) is 0 Å². The van der Waals surface area contributed by atoms with Gasteiger partial charge in [0.1, 0.15) is 0 Å². The van der Waals surface area contributed by atoms with E-state index in [0.29, 0.717) is 6.04 Å². The van der Waals surface area contributed by atoms with E-state index in [1.54, 1.807) is 0 Å². The summed E-state index contributed by atoms with van der Waals surface area (Å²) in [4.78, 5) is 2.80. The Morgan fingerprint density at radius 2 is 1.71 bits per heavy atom. The highest BCUT2D eigenvalue weighted by molar-refractivity contribution is 4.82. The van der Waals surface area contributed by atoms with Crippen LogP contribution in [0.5, 0.6) is 0 Å². The fraction of sp³-hybridized carbons (Fsp3) is 1.00. The van der Waals surface area contributed by atoms with Crippen LogP contribution in [0, 0.1) is 0 Å². The standard InChI is InChI=1S/C15H30N2/c1-3-14-10-12-17(11-9-13(2)16-14)15-7-5-4-6-8-15/h13-16H,3-12H2,1-2H3. The van der Waals surface area contributed by atoms with Crippen LogP contribution in [-0.2, 0) is 0 Å². The molecule has 2 atom stereocenters. The second-order valence-electron chi connectivity index (χ2n) is 6.08. The summed E-state index contributed by atoms with van der Waals surface area (Å²) in [5, 5.41) is 3.77. The molecule has 2 unspecified atom stereocenters. The number of nitrogens with zero attached hydrogens (tertiary/aromatic N) is 1. The molecule has 2 nitrogen and oxygen atoms in total. The molecule has 0 aromatic heterocycles. The van der Waals surface area contributed by atoms with Gasteiger partial charge in [-0.2, -0.15) is 0 Å². The molecule has 0 aromatic carbocycles. The molecular formula is C15H30N2. The van der Waals surface area contributed by atoms with E-state index in [4.69, 9.17) is 0 Å². The fourth-order valence-electron chi connectivity index (χ4n) is 3.50. The van der Waals surface area contributed by atoms with E-state index < -0.39 is 0 Å². The first-order valence-corrected chi connectivity index (χ1v) is 7.79. The molecule has 2 fully saturated rings. The van der Waals surface area contributed by atoms with E-state index >= 15 is 0 Å². The lowest BCUT2D eigenvalue weighted by Gasteiger charge is -2.38. The van der Waals surface area contributed by atoms with E-state index in [-0.39, 0.29) is 0 Å². The Labute approximate surface area is 107 Å². The molecule has 1 heterocycles. The molecule has 17 heavy (non-hydrogen) atoms. The van der Waals surface area contributed by atoms with Gasteiger partial charge in [0, 0.05) is 18.1 Å². The molecular weight excluding hydrogens is 208 g/mol. The molecule has 1 saturated carbocycles. The zero-order chi connectivity index (χ0) is 12.1. The van der Waals surface area contributed by atoms with Crippen LogP contribution < -0.4 is 5.32 Å². The molecule has 1 aliphatic carbocycles. The van der Waals surface area contributed by atoms with Crippen molar-refractivity contribution in [1.29, 1.82) is 0 Å². The maximum Gasteiger partial charge on any atom is 0.00952 e. The summed E-state index contributed by atoms with van der Waals surface area (Å²) in [5.74, 6) is 0. The summed E-state index contributed by atoms with van der Waals surface area (Å²) >= 11 is 0. The molecule has 0 spiro atoms. The van der Waals surface area contributed by atoms with Crippen LogP contribution in [0.3, 0.4) is 0 Å². The van der Waals surface area contributed by atoms with Crippen LogP contribution in [0.4, 0.5) is 0 Å². The average Bonchev–Trinajstić information content (AvgIpc) is 2.35. The average molecular weight is 238 g/mol. The van der Waals surface area contributed by atoms with E-state index in [0.717, 1.165) is 12.1 Å². The Morgan fingerprint density at radius 3 is 2.41 bits per heavy atom. The molecule has 1 saturated heterocycles. The summed E-state index contributed by atoms with van der Waals surface area (Å²) in [5.41, 5.74) is 0. The van der Waals surface area contributed by atoms with Crippen molar-refractivity contribution in [2.24, 2.45) is 0 Å². The van der Waals surface area contributed by atoms with Crippen molar-refractivity contribution in [3.05, 3.63) is 0 Å². The first-order valence-electron chi connectivity index (χ1n) is 7.79. The van der Waals surface area contributed by atoms with Crippen LogP contribution in [0.1, 0.15) is 65.2 Å². The number of hydrogen-bond donors (Lipinski definition) is 1. The van der Waals surface area contributed by atoms with Crippen molar-refractivity contribution in [3.8, 4) is 0 Å². The number of hydrogen-bond acceptors (Lipinski definition) is 2. The van der Waals surface area contributed by atoms with Gasteiger partial charge in [-0.05, 0) is 52.1 Å². The van der Waals surface area contributed by atoms with E-state index in [9.17, 15) is 0 Å². The van der Waals surface area contributed by atoms with Crippen molar-refractivity contribution in [3.63, 3.8) is 0 Å². The van der Waals surface area contributed by atoms with E-state index in [2.05, 4.69) is 24.1 Å². The van der Waals surface area contributed by atoms with Crippen LogP contribution in [0.2, 0.25) is 0 Å². The summed E-state index contributed by atoms with van der Waals surface area (Å²) < 4.78 is 0. The Morgan fingerprint density at radius 1 is 1.00 bits per heavy atom. The van der Waals surface area contributed by atoms with Crippen molar-refractivity contribution in [2.75, 3.05) is 13.1 Å².